The number of carbonyl (C=O) groups is 2. The average molecular weight is 360 g/mol. The molecule has 2 N–H and O–H groups in total. The Labute approximate surface area is 157 Å². The van der Waals surface area contributed by atoms with Crippen molar-refractivity contribution in [3.05, 3.63) is 35.4 Å². The maximum Gasteiger partial charge on any atom is 0.239 e. The number of amides is 2. The van der Waals surface area contributed by atoms with Crippen LogP contribution in [0.2, 0.25) is 0 Å². The molecule has 0 spiro atoms. The van der Waals surface area contributed by atoms with Crippen LogP contribution in [-0.4, -0.2) is 36.3 Å². The lowest BCUT2D eigenvalue weighted by Gasteiger charge is -2.30. The van der Waals surface area contributed by atoms with Gasteiger partial charge in [0, 0.05) is 18.5 Å². The molecule has 2 rings (SSSR count). The minimum atomic E-state index is -0.484. The molecule has 1 aliphatic rings. The number of hydrogen-bond acceptors (Lipinski definition) is 3. The predicted octanol–water partition coefficient (Wildman–Crippen LogP) is 2.70. The van der Waals surface area contributed by atoms with Crippen molar-refractivity contribution in [3.8, 4) is 0 Å². The van der Waals surface area contributed by atoms with Gasteiger partial charge in [-0.2, -0.15) is 0 Å². The van der Waals surface area contributed by atoms with Gasteiger partial charge >= 0.3 is 0 Å². The molecule has 5 heteroatoms. The molecule has 0 saturated carbocycles. The summed E-state index contributed by atoms with van der Waals surface area (Å²) in [5.74, 6) is 0.559. The quantitative estimate of drug-likeness (QED) is 0.821. The van der Waals surface area contributed by atoms with Gasteiger partial charge < -0.3 is 10.6 Å². The highest BCUT2D eigenvalue weighted by molar-refractivity contribution is 5.87. The molecular weight excluding hydrogens is 326 g/mol. The Morgan fingerprint density at radius 1 is 1.04 bits per heavy atom. The van der Waals surface area contributed by atoms with Gasteiger partial charge in [-0.1, -0.05) is 52.0 Å². The fourth-order valence-electron chi connectivity index (χ4n) is 2.93. The number of piperidine rings is 1. The van der Waals surface area contributed by atoms with E-state index in [-0.39, 0.29) is 18.4 Å². The summed E-state index contributed by atoms with van der Waals surface area (Å²) in [7, 11) is 0. The van der Waals surface area contributed by atoms with Crippen LogP contribution in [-0.2, 0) is 22.7 Å². The van der Waals surface area contributed by atoms with Gasteiger partial charge in [0.25, 0.3) is 0 Å². The van der Waals surface area contributed by atoms with E-state index >= 15 is 0 Å². The van der Waals surface area contributed by atoms with Crippen molar-refractivity contribution in [1.29, 1.82) is 0 Å². The first kappa shape index (κ1) is 20.4. The van der Waals surface area contributed by atoms with E-state index in [1.165, 1.54) is 31.5 Å². The fraction of sp³-hybridized carbons (Fsp3) is 0.619. The highest BCUT2D eigenvalue weighted by Crippen LogP contribution is 2.18. The van der Waals surface area contributed by atoms with Gasteiger partial charge in [0.05, 0.1) is 6.54 Å². The topological polar surface area (TPSA) is 61.4 Å². The van der Waals surface area contributed by atoms with E-state index in [1.54, 1.807) is 0 Å². The molecule has 0 aromatic heterocycles. The van der Waals surface area contributed by atoms with Crippen LogP contribution in [0.1, 0.15) is 51.7 Å². The average Bonchev–Trinajstić information content (AvgIpc) is 2.60. The van der Waals surface area contributed by atoms with Gasteiger partial charge in [0.1, 0.15) is 0 Å². The van der Waals surface area contributed by atoms with Crippen LogP contribution in [0, 0.1) is 11.3 Å². The van der Waals surface area contributed by atoms with Crippen LogP contribution in [0.4, 0.5) is 0 Å². The third-order valence-electron chi connectivity index (χ3n) is 4.89. The van der Waals surface area contributed by atoms with Gasteiger partial charge in [-0.3, -0.25) is 14.5 Å². The smallest absolute Gasteiger partial charge is 0.239 e. The Bertz CT molecular complexity index is 597. The van der Waals surface area contributed by atoms with Crippen LogP contribution >= 0.6 is 0 Å². The van der Waals surface area contributed by atoms with E-state index < -0.39 is 5.41 Å². The summed E-state index contributed by atoms with van der Waals surface area (Å²) in [4.78, 5) is 26.1. The summed E-state index contributed by atoms with van der Waals surface area (Å²) < 4.78 is 0. The van der Waals surface area contributed by atoms with Crippen LogP contribution in [0.25, 0.3) is 0 Å². The molecule has 0 aliphatic carbocycles. The normalized spacial score (nSPS) is 16.3. The summed E-state index contributed by atoms with van der Waals surface area (Å²) in [5, 5.41) is 5.51. The number of likely N-dealkylation sites (tertiary alicyclic amines) is 1. The molecule has 1 heterocycles. The maximum absolute atomic E-state index is 11.9. The van der Waals surface area contributed by atoms with Crippen LogP contribution in [0.5, 0.6) is 0 Å². The first-order chi connectivity index (χ1) is 12.2. The van der Waals surface area contributed by atoms with E-state index in [1.807, 2.05) is 20.8 Å². The highest BCUT2D eigenvalue weighted by atomic mass is 16.2. The van der Waals surface area contributed by atoms with E-state index in [4.69, 9.17) is 0 Å². The molecule has 0 bridgehead atoms. The van der Waals surface area contributed by atoms with Crippen LogP contribution < -0.4 is 10.6 Å². The Kier molecular flexibility index (Phi) is 7.21. The van der Waals surface area contributed by atoms with Gasteiger partial charge in [0.2, 0.25) is 11.8 Å². The van der Waals surface area contributed by atoms with Gasteiger partial charge in [-0.05, 0) is 43.0 Å². The lowest BCUT2D eigenvalue weighted by molar-refractivity contribution is -0.131. The molecule has 1 aliphatic heterocycles. The van der Waals surface area contributed by atoms with E-state index in [0.717, 1.165) is 18.0 Å². The van der Waals surface area contributed by atoms with Crippen molar-refractivity contribution in [2.24, 2.45) is 11.3 Å². The number of carbonyl (C=O) groups excluding carboxylic acids is 2. The Morgan fingerprint density at radius 3 is 2.19 bits per heavy atom. The lowest BCUT2D eigenvalue weighted by Crippen LogP contribution is -2.41. The van der Waals surface area contributed by atoms with Gasteiger partial charge in [0.15, 0.2) is 0 Å². The summed E-state index contributed by atoms with van der Waals surface area (Å²) in [6.07, 6.45) is 2.58. The zero-order valence-corrected chi connectivity index (χ0v) is 16.6. The van der Waals surface area contributed by atoms with Crippen molar-refractivity contribution in [3.63, 3.8) is 0 Å². The minimum absolute atomic E-state index is 0.0154. The van der Waals surface area contributed by atoms with Gasteiger partial charge in [-0.25, -0.2) is 0 Å². The molecule has 0 unspecified atom stereocenters. The second-order valence-electron chi connectivity index (χ2n) is 8.48. The predicted molar refractivity (Wildman–Crippen MR) is 104 cm³/mol. The second kappa shape index (κ2) is 9.17. The molecule has 144 valence electrons. The lowest BCUT2D eigenvalue weighted by atomic mass is 9.96. The second-order valence-corrected chi connectivity index (χ2v) is 8.48. The van der Waals surface area contributed by atoms with Crippen molar-refractivity contribution < 1.29 is 9.59 Å². The van der Waals surface area contributed by atoms with Crippen LogP contribution in [0.3, 0.4) is 0 Å². The largest absolute Gasteiger partial charge is 0.350 e. The molecule has 1 aromatic rings. The third kappa shape index (κ3) is 6.79. The summed E-state index contributed by atoms with van der Waals surface area (Å²) in [6.45, 7) is 11.7. The number of nitrogens with one attached hydrogen (secondary N) is 2. The first-order valence-electron chi connectivity index (χ1n) is 9.59. The van der Waals surface area contributed by atoms with E-state index in [0.29, 0.717) is 6.54 Å². The zero-order valence-electron chi connectivity index (χ0n) is 16.6. The minimum Gasteiger partial charge on any atom is -0.350 e. The summed E-state index contributed by atoms with van der Waals surface area (Å²) in [6, 6.07) is 8.41. The summed E-state index contributed by atoms with van der Waals surface area (Å²) in [5.41, 5.74) is 1.89. The van der Waals surface area contributed by atoms with Crippen molar-refractivity contribution in [2.75, 3.05) is 19.6 Å². The molecular formula is C21H33N3O2. The molecule has 1 saturated heterocycles. The summed E-state index contributed by atoms with van der Waals surface area (Å²) >= 11 is 0. The number of benzene rings is 1. The zero-order chi connectivity index (χ0) is 19.2. The maximum atomic E-state index is 11.9. The monoisotopic (exact) mass is 359 g/mol. The van der Waals surface area contributed by atoms with Crippen molar-refractivity contribution in [2.45, 2.75) is 53.6 Å². The molecule has 2 amide bonds. The molecule has 0 radical (unpaired) electrons. The number of rotatable bonds is 6. The van der Waals surface area contributed by atoms with Crippen LogP contribution in [0.15, 0.2) is 24.3 Å². The van der Waals surface area contributed by atoms with Gasteiger partial charge in [-0.15, -0.1) is 0 Å². The number of nitrogens with zero attached hydrogens (tertiary/aromatic N) is 1. The molecule has 26 heavy (non-hydrogen) atoms. The standard InChI is InChI=1S/C21H33N3O2/c1-16-9-11-24(12-10-16)15-18-7-5-17(6-8-18)13-22-19(25)14-23-20(26)21(2,3)4/h5-8,16H,9-15H2,1-4H3,(H,22,25)(H,23,26). The fourth-order valence-corrected chi connectivity index (χ4v) is 2.93. The molecule has 1 aromatic carbocycles. The van der Waals surface area contributed by atoms with Crippen molar-refractivity contribution in [1.82, 2.24) is 15.5 Å². The first-order valence-corrected chi connectivity index (χ1v) is 9.59. The Balaban J connectivity index is 1.71. The highest BCUT2D eigenvalue weighted by Gasteiger charge is 2.21. The van der Waals surface area contributed by atoms with E-state index in [9.17, 15) is 9.59 Å². The Hall–Kier alpha value is -1.88. The number of hydrogen-bond donors (Lipinski definition) is 2. The van der Waals surface area contributed by atoms with E-state index in [2.05, 4.69) is 46.7 Å². The van der Waals surface area contributed by atoms with Crippen molar-refractivity contribution >= 4 is 11.8 Å². The Morgan fingerprint density at radius 2 is 1.62 bits per heavy atom. The molecule has 0 atom stereocenters. The molecule has 1 fully saturated rings. The SMILES string of the molecule is CC1CCN(Cc2ccc(CNC(=O)CNC(=O)C(C)(C)C)cc2)CC1. The molecule has 5 nitrogen and oxygen atoms in total. The third-order valence-corrected chi connectivity index (χ3v) is 4.89.